The first kappa shape index (κ1) is 19.8. The maximum Gasteiger partial charge on any atom is 0.269 e. The van der Waals surface area contributed by atoms with E-state index >= 15 is 0 Å². The number of halogens is 1. The van der Waals surface area contributed by atoms with Crippen LogP contribution in [0.25, 0.3) is 11.4 Å². The summed E-state index contributed by atoms with van der Waals surface area (Å²) in [5, 5.41) is 16.7. The van der Waals surface area contributed by atoms with Crippen molar-refractivity contribution in [2.24, 2.45) is 0 Å². The topological polar surface area (TPSA) is 99.2 Å². The highest BCUT2D eigenvalue weighted by Gasteiger charge is 2.47. The minimum absolute atomic E-state index is 0.152. The van der Waals surface area contributed by atoms with Gasteiger partial charge in [-0.05, 0) is 38.8 Å². The summed E-state index contributed by atoms with van der Waals surface area (Å²) in [6, 6.07) is 5.23. The van der Waals surface area contributed by atoms with Crippen LogP contribution in [0, 0.1) is 13.8 Å². The first-order chi connectivity index (χ1) is 14.9. The molecular formula is C21H23FN6O3. The molecule has 2 aliphatic heterocycles. The number of hydrogen-bond acceptors (Lipinski definition) is 8. The molecule has 0 bridgehead atoms. The summed E-state index contributed by atoms with van der Waals surface area (Å²) in [5.74, 6) is 0.598. The van der Waals surface area contributed by atoms with Crippen LogP contribution in [-0.2, 0) is 11.3 Å². The number of nitrogens with zero attached hydrogens (tertiary/aromatic N) is 6. The molecule has 5 rings (SSSR count). The largest absolute Gasteiger partial charge is 0.368 e. The third-order valence-electron chi connectivity index (χ3n) is 5.99. The molecule has 0 N–H and O–H groups in total. The molecule has 0 aromatic carbocycles. The minimum Gasteiger partial charge on any atom is -0.368 e. The Morgan fingerprint density at radius 3 is 2.77 bits per heavy atom. The Morgan fingerprint density at radius 1 is 1.26 bits per heavy atom. The molecular weight excluding hydrogens is 403 g/mol. The molecule has 3 aromatic rings. The zero-order chi connectivity index (χ0) is 21.6. The Morgan fingerprint density at radius 2 is 2.10 bits per heavy atom. The molecule has 0 amide bonds. The summed E-state index contributed by atoms with van der Waals surface area (Å²) in [6.07, 6.45) is 2.02. The molecule has 0 radical (unpaired) electrons. The van der Waals surface area contributed by atoms with Gasteiger partial charge in [-0.3, -0.25) is 4.79 Å². The van der Waals surface area contributed by atoms with E-state index in [1.807, 2.05) is 24.0 Å². The lowest BCUT2D eigenvalue weighted by molar-refractivity contribution is -0.120. The lowest BCUT2D eigenvalue weighted by atomic mass is 9.85. The Kier molecular flexibility index (Phi) is 4.81. The molecule has 1 spiro atoms. The number of alkyl halides is 1. The molecule has 0 saturated carbocycles. The van der Waals surface area contributed by atoms with E-state index in [9.17, 15) is 9.18 Å². The van der Waals surface area contributed by atoms with Gasteiger partial charge in [0.2, 0.25) is 0 Å². The molecule has 31 heavy (non-hydrogen) atoms. The quantitative estimate of drug-likeness (QED) is 0.625. The fourth-order valence-corrected chi connectivity index (χ4v) is 4.09. The van der Waals surface area contributed by atoms with Crippen molar-refractivity contribution in [3.63, 3.8) is 0 Å². The Bertz CT molecular complexity index is 1140. The van der Waals surface area contributed by atoms with Crippen molar-refractivity contribution >= 4 is 5.69 Å². The second-order valence-corrected chi connectivity index (χ2v) is 8.32. The van der Waals surface area contributed by atoms with E-state index in [0.717, 1.165) is 16.9 Å². The zero-order valence-electron chi connectivity index (χ0n) is 17.4. The van der Waals surface area contributed by atoms with Crippen LogP contribution in [0.5, 0.6) is 0 Å². The van der Waals surface area contributed by atoms with Gasteiger partial charge in [0.25, 0.3) is 5.56 Å². The second-order valence-electron chi connectivity index (χ2n) is 8.32. The minimum atomic E-state index is -0.873. The van der Waals surface area contributed by atoms with E-state index in [1.165, 1.54) is 4.68 Å². The summed E-state index contributed by atoms with van der Waals surface area (Å²) >= 11 is 0. The van der Waals surface area contributed by atoms with E-state index in [4.69, 9.17) is 9.26 Å². The van der Waals surface area contributed by atoms with Gasteiger partial charge in [0, 0.05) is 24.7 Å². The molecule has 3 aromatic heterocycles. The Labute approximate surface area is 177 Å². The Hall–Kier alpha value is -3.14. The van der Waals surface area contributed by atoms with Crippen LogP contribution in [-0.4, -0.2) is 56.6 Å². The predicted octanol–water partition coefficient (Wildman–Crippen LogP) is 2.06. The molecule has 10 heteroatoms. The molecule has 2 saturated heterocycles. The van der Waals surface area contributed by atoms with E-state index < -0.39 is 6.17 Å². The van der Waals surface area contributed by atoms with Gasteiger partial charge in [-0.15, -0.1) is 5.10 Å². The molecule has 0 unspecified atom stereocenters. The van der Waals surface area contributed by atoms with Crippen molar-refractivity contribution in [3.8, 4) is 11.4 Å². The van der Waals surface area contributed by atoms with E-state index in [1.54, 1.807) is 19.2 Å². The lowest BCUT2D eigenvalue weighted by Gasteiger charge is -2.52. The van der Waals surface area contributed by atoms with Crippen LogP contribution in [0.15, 0.2) is 33.7 Å². The van der Waals surface area contributed by atoms with Crippen molar-refractivity contribution < 1.29 is 13.7 Å². The molecule has 162 valence electrons. The zero-order valence-corrected chi connectivity index (χ0v) is 17.4. The summed E-state index contributed by atoms with van der Waals surface area (Å²) in [5.41, 5.74) is 2.89. The Balaban J connectivity index is 1.33. The molecule has 5 heterocycles. The number of anilines is 1. The highest BCUT2D eigenvalue weighted by Crippen LogP contribution is 2.37. The van der Waals surface area contributed by atoms with Crippen LogP contribution in [0.1, 0.15) is 29.9 Å². The highest BCUT2D eigenvalue weighted by atomic mass is 19.1. The summed E-state index contributed by atoms with van der Waals surface area (Å²) < 4.78 is 25.8. The van der Waals surface area contributed by atoms with Crippen molar-refractivity contribution in [2.75, 3.05) is 24.6 Å². The average Bonchev–Trinajstić information content (AvgIpc) is 3.09. The fourth-order valence-electron chi connectivity index (χ4n) is 4.09. The van der Waals surface area contributed by atoms with E-state index in [-0.39, 0.29) is 24.3 Å². The number of hydrogen-bond donors (Lipinski definition) is 0. The van der Waals surface area contributed by atoms with Gasteiger partial charge < -0.3 is 14.2 Å². The summed E-state index contributed by atoms with van der Waals surface area (Å²) in [7, 11) is 0. The molecule has 0 aliphatic carbocycles. The van der Waals surface area contributed by atoms with Crippen molar-refractivity contribution in [1.29, 1.82) is 0 Å². The molecule has 2 aliphatic rings. The van der Waals surface area contributed by atoms with Crippen LogP contribution in [0.3, 0.4) is 0 Å². The highest BCUT2D eigenvalue weighted by molar-refractivity contribution is 5.58. The third kappa shape index (κ3) is 3.71. The maximum absolute atomic E-state index is 13.3. The van der Waals surface area contributed by atoms with Crippen LogP contribution in [0.2, 0.25) is 0 Å². The normalized spacial score (nSPS) is 20.1. The average molecular weight is 426 g/mol. The van der Waals surface area contributed by atoms with Gasteiger partial charge in [0.1, 0.15) is 28.9 Å². The smallest absolute Gasteiger partial charge is 0.269 e. The first-order valence-electron chi connectivity index (χ1n) is 10.3. The second kappa shape index (κ2) is 7.52. The fraction of sp³-hybridized carbons (Fsp3) is 0.476. The van der Waals surface area contributed by atoms with E-state index in [0.29, 0.717) is 43.1 Å². The van der Waals surface area contributed by atoms with Crippen LogP contribution >= 0.6 is 0 Å². The van der Waals surface area contributed by atoms with Gasteiger partial charge in [0.15, 0.2) is 0 Å². The maximum atomic E-state index is 13.3. The van der Waals surface area contributed by atoms with Gasteiger partial charge in [-0.2, -0.15) is 10.2 Å². The van der Waals surface area contributed by atoms with Crippen molar-refractivity contribution in [1.82, 2.24) is 25.1 Å². The number of rotatable bonds is 4. The molecule has 2 fully saturated rings. The monoisotopic (exact) mass is 426 g/mol. The van der Waals surface area contributed by atoms with Gasteiger partial charge in [-0.25, -0.2) is 9.07 Å². The third-order valence-corrected chi connectivity index (χ3v) is 5.99. The van der Waals surface area contributed by atoms with Gasteiger partial charge in [-0.1, -0.05) is 5.16 Å². The summed E-state index contributed by atoms with van der Waals surface area (Å²) in [6.45, 7) is 5.30. The number of ether oxygens (including phenoxy) is 1. The lowest BCUT2D eigenvalue weighted by Crippen LogP contribution is -2.65. The first-order valence-corrected chi connectivity index (χ1v) is 10.3. The molecule has 9 nitrogen and oxygen atoms in total. The SMILES string of the molecule is Cc1ccc(-c2noc(C)c2Cn2ncc(N3CC4(CC[C@@H](F)CO4)C3)cc2=O)nn1. The van der Waals surface area contributed by atoms with Crippen molar-refractivity contribution in [2.45, 2.75) is 45.0 Å². The van der Waals surface area contributed by atoms with E-state index in [2.05, 4.69) is 20.5 Å². The van der Waals surface area contributed by atoms with Crippen molar-refractivity contribution in [3.05, 3.63) is 51.8 Å². The van der Waals surface area contributed by atoms with Crippen LogP contribution in [0.4, 0.5) is 10.1 Å². The number of aromatic nitrogens is 5. The van der Waals surface area contributed by atoms with Crippen LogP contribution < -0.4 is 10.5 Å². The molecule has 1 atom stereocenters. The van der Waals surface area contributed by atoms with Gasteiger partial charge in [0.05, 0.1) is 30.7 Å². The van der Waals surface area contributed by atoms with Gasteiger partial charge >= 0.3 is 0 Å². The number of aryl methyl sites for hydroxylation is 2. The standard InChI is InChI=1S/C21H23FN6O3/c1-13-3-4-18(25-24-13)20-17(14(2)31-26-20)9-28-19(29)7-16(8-23-28)27-11-21(12-27)6-5-15(22)10-30-21/h3-4,7-8,15H,5-6,9-12H2,1-2H3/t15-/m1/s1. The summed E-state index contributed by atoms with van der Waals surface area (Å²) in [4.78, 5) is 14.8. The predicted molar refractivity (Wildman–Crippen MR) is 110 cm³/mol.